The van der Waals surface area contributed by atoms with Gasteiger partial charge in [0.25, 0.3) is 0 Å². The van der Waals surface area contributed by atoms with Gasteiger partial charge in [-0.25, -0.2) is 18.0 Å². The fourth-order valence-electron chi connectivity index (χ4n) is 2.94. The van der Waals surface area contributed by atoms with Crippen LogP contribution < -0.4 is 5.32 Å². The van der Waals surface area contributed by atoms with Crippen LogP contribution in [0, 0.1) is 11.6 Å². The summed E-state index contributed by atoms with van der Waals surface area (Å²) in [5, 5.41) is 10.9. The van der Waals surface area contributed by atoms with Gasteiger partial charge in [0, 0.05) is 11.6 Å². The second kappa shape index (κ2) is 6.37. The Labute approximate surface area is 125 Å². The molecule has 1 aromatic rings. The Balaban J connectivity index is 2.36. The van der Waals surface area contributed by atoms with E-state index in [-0.39, 0.29) is 5.56 Å². The zero-order valence-electron chi connectivity index (χ0n) is 11.7. The number of carbonyl (C=O) groups is 2. The van der Waals surface area contributed by atoms with Crippen LogP contribution in [0.5, 0.6) is 0 Å². The van der Waals surface area contributed by atoms with E-state index < -0.39 is 41.6 Å². The van der Waals surface area contributed by atoms with Crippen molar-refractivity contribution in [3.8, 4) is 0 Å². The number of rotatable bonds is 5. The van der Waals surface area contributed by atoms with Crippen LogP contribution in [0.3, 0.4) is 0 Å². The Bertz CT molecular complexity index is 585. The molecule has 0 aromatic heterocycles. The first-order valence-electron chi connectivity index (χ1n) is 6.96. The molecule has 120 valence electrons. The van der Waals surface area contributed by atoms with Crippen LogP contribution in [-0.2, 0) is 15.0 Å². The summed E-state index contributed by atoms with van der Waals surface area (Å²) < 4.78 is 39.8. The first-order valence-corrected chi connectivity index (χ1v) is 6.96. The van der Waals surface area contributed by atoms with Gasteiger partial charge in [-0.1, -0.05) is 18.9 Å². The number of aliphatic carboxylic acids is 1. The minimum Gasteiger partial charge on any atom is -0.480 e. The predicted octanol–water partition coefficient (Wildman–Crippen LogP) is 2.32. The molecule has 1 atom stereocenters. The van der Waals surface area contributed by atoms with Crippen molar-refractivity contribution in [2.75, 3.05) is 6.67 Å². The predicted molar refractivity (Wildman–Crippen MR) is 72.0 cm³/mol. The molecular formula is C15H16F3NO3. The molecule has 2 N–H and O–H groups in total. The van der Waals surface area contributed by atoms with E-state index >= 15 is 0 Å². The maximum absolute atomic E-state index is 14.1. The average Bonchev–Trinajstić information content (AvgIpc) is 2.94. The number of carbonyl (C=O) groups excluding carboxylic acids is 1. The van der Waals surface area contributed by atoms with E-state index in [2.05, 4.69) is 5.32 Å². The number of benzene rings is 1. The van der Waals surface area contributed by atoms with Crippen molar-refractivity contribution in [2.24, 2.45) is 0 Å². The van der Waals surface area contributed by atoms with E-state index in [1.54, 1.807) is 0 Å². The second-order valence-corrected chi connectivity index (χ2v) is 5.43. The van der Waals surface area contributed by atoms with Crippen molar-refractivity contribution in [3.05, 3.63) is 35.4 Å². The molecule has 1 saturated carbocycles. The molecule has 0 radical (unpaired) electrons. The molecule has 1 aliphatic carbocycles. The fourth-order valence-corrected chi connectivity index (χ4v) is 2.94. The van der Waals surface area contributed by atoms with Gasteiger partial charge in [-0.3, -0.25) is 4.79 Å². The molecular weight excluding hydrogens is 299 g/mol. The first-order chi connectivity index (χ1) is 10.4. The third kappa shape index (κ3) is 2.93. The highest BCUT2D eigenvalue weighted by molar-refractivity contribution is 5.92. The number of carboxylic acids is 1. The molecule has 1 aromatic carbocycles. The van der Waals surface area contributed by atoms with Crippen LogP contribution in [0.2, 0.25) is 0 Å². The zero-order valence-corrected chi connectivity index (χ0v) is 11.7. The summed E-state index contributed by atoms with van der Waals surface area (Å²) in [6.07, 6.45) is 1.91. The quantitative estimate of drug-likeness (QED) is 0.876. The summed E-state index contributed by atoms with van der Waals surface area (Å²) in [6, 6.07) is 1.26. The van der Waals surface area contributed by atoms with Gasteiger partial charge < -0.3 is 10.4 Å². The largest absolute Gasteiger partial charge is 0.480 e. The maximum atomic E-state index is 14.1. The third-order valence-electron chi connectivity index (χ3n) is 4.10. The highest BCUT2D eigenvalue weighted by atomic mass is 19.1. The van der Waals surface area contributed by atoms with Crippen molar-refractivity contribution in [1.29, 1.82) is 0 Å². The number of alkyl halides is 1. The van der Waals surface area contributed by atoms with E-state index in [0.29, 0.717) is 31.7 Å². The monoisotopic (exact) mass is 315 g/mol. The Kier molecular flexibility index (Phi) is 4.73. The Hall–Kier alpha value is -2.05. The van der Waals surface area contributed by atoms with Gasteiger partial charge in [-0.05, 0) is 18.9 Å². The topological polar surface area (TPSA) is 66.4 Å². The molecule has 4 nitrogen and oxygen atoms in total. The number of hydrogen-bond donors (Lipinski definition) is 2. The van der Waals surface area contributed by atoms with Gasteiger partial charge in [-0.15, -0.1) is 0 Å². The maximum Gasteiger partial charge on any atom is 0.328 e. The molecule has 1 amide bonds. The lowest BCUT2D eigenvalue weighted by atomic mass is 9.77. The van der Waals surface area contributed by atoms with Crippen LogP contribution in [0.1, 0.15) is 31.2 Å². The zero-order chi connectivity index (χ0) is 16.3. The van der Waals surface area contributed by atoms with Gasteiger partial charge in [-0.2, -0.15) is 0 Å². The first kappa shape index (κ1) is 16.3. The Morgan fingerprint density at radius 1 is 1.27 bits per heavy atom. The number of halogens is 3. The second-order valence-electron chi connectivity index (χ2n) is 5.43. The Morgan fingerprint density at radius 3 is 2.41 bits per heavy atom. The molecule has 1 fully saturated rings. The van der Waals surface area contributed by atoms with E-state index in [1.807, 2.05) is 0 Å². The summed E-state index contributed by atoms with van der Waals surface area (Å²) in [5.74, 6) is -3.85. The summed E-state index contributed by atoms with van der Waals surface area (Å²) in [5.41, 5.74) is -1.26. The van der Waals surface area contributed by atoms with Crippen molar-refractivity contribution in [1.82, 2.24) is 5.32 Å². The van der Waals surface area contributed by atoms with Crippen LogP contribution in [0.25, 0.3) is 0 Å². The number of nitrogens with one attached hydrogen (secondary N) is 1. The van der Waals surface area contributed by atoms with E-state index in [9.17, 15) is 22.8 Å². The van der Waals surface area contributed by atoms with Crippen LogP contribution in [0.4, 0.5) is 13.2 Å². The summed E-state index contributed by atoms with van der Waals surface area (Å²) >= 11 is 0. The van der Waals surface area contributed by atoms with E-state index in [1.165, 1.54) is 6.07 Å². The van der Waals surface area contributed by atoms with Gasteiger partial charge in [0.2, 0.25) is 5.91 Å². The Morgan fingerprint density at radius 2 is 1.91 bits per heavy atom. The van der Waals surface area contributed by atoms with E-state index in [4.69, 9.17) is 5.11 Å². The highest BCUT2D eigenvalue weighted by Crippen LogP contribution is 2.42. The van der Waals surface area contributed by atoms with Crippen molar-refractivity contribution >= 4 is 11.9 Å². The molecule has 0 aliphatic heterocycles. The molecule has 0 bridgehead atoms. The summed E-state index contributed by atoms with van der Waals surface area (Å²) in [4.78, 5) is 23.3. The highest BCUT2D eigenvalue weighted by Gasteiger charge is 2.45. The third-order valence-corrected chi connectivity index (χ3v) is 4.10. The van der Waals surface area contributed by atoms with Crippen LogP contribution in [-0.4, -0.2) is 29.7 Å². The molecule has 1 unspecified atom stereocenters. The standard InChI is InChI=1S/C15H16F3NO3/c16-8-12(13(20)21)19-14(22)15(5-1-2-6-15)10-4-3-9(17)7-11(10)18/h3-4,7,12H,1-2,5-6,8H2,(H,19,22)(H,20,21). The minimum absolute atomic E-state index is 0.0203. The van der Waals surface area contributed by atoms with Crippen molar-refractivity contribution in [3.63, 3.8) is 0 Å². The van der Waals surface area contributed by atoms with Gasteiger partial charge in [0.1, 0.15) is 18.3 Å². The van der Waals surface area contributed by atoms with Crippen LogP contribution in [0.15, 0.2) is 18.2 Å². The van der Waals surface area contributed by atoms with Crippen molar-refractivity contribution < 1.29 is 27.9 Å². The molecule has 0 saturated heterocycles. The van der Waals surface area contributed by atoms with Gasteiger partial charge in [0.15, 0.2) is 6.04 Å². The van der Waals surface area contributed by atoms with Gasteiger partial charge >= 0.3 is 5.97 Å². The summed E-state index contributed by atoms with van der Waals surface area (Å²) in [7, 11) is 0. The molecule has 0 heterocycles. The molecule has 22 heavy (non-hydrogen) atoms. The van der Waals surface area contributed by atoms with Crippen LogP contribution >= 0.6 is 0 Å². The number of hydrogen-bond acceptors (Lipinski definition) is 2. The molecule has 7 heteroatoms. The van der Waals surface area contributed by atoms with Gasteiger partial charge in [0.05, 0.1) is 5.41 Å². The average molecular weight is 315 g/mol. The normalized spacial score (nSPS) is 18.0. The molecule has 0 spiro atoms. The lowest BCUT2D eigenvalue weighted by Gasteiger charge is -2.29. The minimum atomic E-state index is -1.67. The lowest BCUT2D eigenvalue weighted by Crippen LogP contribution is -2.50. The lowest BCUT2D eigenvalue weighted by molar-refractivity contribution is -0.143. The fraction of sp³-hybridized carbons (Fsp3) is 0.467. The summed E-state index contributed by atoms with van der Waals surface area (Å²) in [6.45, 7) is -1.26. The van der Waals surface area contributed by atoms with E-state index in [0.717, 1.165) is 6.07 Å². The SMILES string of the molecule is O=C(O)C(CF)NC(=O)C1(c2ccc(F)cc2F)CCCC1. The van der Waals surface area contributed by atoms with Crippen molar-refractivity contribution in [2.45, 2.75) is 37.1 Å². The number of carboxylic acid groups (broad SMARTS) is 1. The number of amides is 1. The molecule has 2 rings (SSSR count). The smallest absolute Gasteiger partial charge is 0.328 e. The molecule has 1 aliphatic rings.